The number of likely N-dealkylation sites (tertiary alicyclic amines) is 1. The molecule has 0 aliphatic carbocycles. The number of benzene rings is 2. The smallest absolute Gasteiger partial charge is 0.253 e. The lowest BCUT2D eigenvalue weighted by Gasteiger charge is -2.32. The van der Waals surface area contributed by atoms with Gasteiger partial charge in [0.1, 0.15) is 11.5 Å². The van der Waals surface area contributed by atoms with Gasteiger partial charge in [0.15, 0.2) is 0 Å². The lowest BCUT2D eigenvalue weighted by molar-refractivity contribution is 0.0691. The normalized spacial score (nSPS) is 15.2. The summed E-state index contributed by atoms with van der Waals surface area (Å²) in [6.45, 7) is 2.68. The quantitative estimate of drug-likeness (QED) is 0.870. The van der Waals surface area contributed by atoms with E-state index in [-0.39, 0.29) is 5.91 Å². The molecule has 0 radical (unpaired) electrons. The monoisotopic (exact) mass is 358 g/mol. The maximum Gasteiger partial charge on any atom is 0.253 e. The van der Waals surface area contributed by atoms with Gasteiger partial charge in [-0.2, -0.15) is 0 Å². The second-order valence-electron chi connectivity index (χ2n) is 6.38. The molecule has 1 heterocycles. The SMILES string of the molecule is CNCC1CCN(C(=O)c2ccc(Oc3cccc(Cl)c3)cc2)CC1. The maximum absolute atomic E-state index is 12.6. The summed E-state index contributed by atoms with van der Waals surface area (Å²) in [5.41, 5.74) is 0.700. The van der Waals surface area contributed by atoms with Gasteiger partial charge in [-0.1, -0.05) is 17.7 Å². The molecular formula is C20H23ClN2O2. The average Bonchev–Trinajstić information content (AvgIpc) is 2.63. The van der Waals surface area contributed by atoms with Crippen LogP contribution in [0.5, 0.6) is 11.5 Å². The summed E-state index contributed by atoms with van der Waals surface area (Å²) in [5, 5.41) is 3.85. The molecule has 132 valence electrons. The van der Waals surface area contributed by atoms with Crippen molar-refractivity contribution in [2.75, 3.05) is 26.7 Å². The molecule has 0 aromatic heterocycles. The highest BCUT2D eigenvalue weighted by Gasteiger charge is 2.23. The Labute approximate surface area is 153 Å². The third kappa shape index (κ3) is 4.74. The highest BCUT2D eigenvalue weighted by molar-refractivity contribution is 6.30. The van der Waals surface area contributed by atoms with Crippen LogP contribution in [0.2, 0.25) is 5.02 Å². The largest absolute Gasteiger partial charge is 0.457 e. The second-order valence-corrected chi connectivity index (χ2v) is 6.81. The number of amides is 1. The average molecular weight is 359 g/mol. The Morgan fingerprint density at radius 3 is 2.52 bits per heavy atom. The van der Waals surface area contributed by atoms with E-state index in [1.165, 1.54) is 0 Å². The van der Waals surface area contributed by atoms with E-state index < -0.39 is 0 Å². The van der Waals surface area contributed by atoms with Crippen LogP contribution in [0.4, 0.5) is 0 Å². The Kier molecular flexibility index (Phi) is 5.95. The summed E-state index contributed by atoms with van der Waals surface area (Å²) in [4.78, 5) is 14.6. The van der Waals surface area contributed by atoms with E-state index in [2.05, 4.69) is 5.32 Å². The van der Waals surface area contributed by atoms with E-state index in [1.807, 2.05) is 48.3 Å². The summed E-state index contributed by atoms with van der Waals surface area (Å²) >= 11 is 5.96. The minimum atomic E-state index is 0.0946. The molecular weight excluding hydrogens is 336 g/mol. The zero-order valence-corrected chi connectivity index (χ0v) is 15.1. The Hall–Kier alpha value is -2.04. The van der Waals surface area contributed by atoms with Crippen molar-refractivity contribution in [3.05, 3.63) is 59.1 Å². The van der Waals surface area contributed by atoms with Gasteiger partial charge in [0.05, 0.1) is 0 Å². The van der Waals surface area contributed by atoms with Crippen molar-refractivity contribution < 1.29 is 9.53 Å². The van der Waals surface area contributed by atoms with Crippen LogP contribution in [0, 0.1) is 5.92 Å². The van der Waals surface area contributed by atoms with Gasteiger partial charge < -0.3 is 15.0 Å². The third-order valence-corrected chi connectivity index (χ3v) is 4.76. The first-order valence-electron chi connectivity index (χ1n) is 8.63. The molecule has 1 saturated heterocycles. The lowest BCUT2D eigenvalue weighted by Crippen LogP contribution is -2.40. The fourth-order valence-corrected chi connectivity index (χ4v) is 3.32. The maximum atomic E-state index is 12.6. The van der Waals surface area contributed by atoms with Crippen molar-refractivity contribution in [2.24, 2.45) is 5.92 Å². The van der Waals surface area contributed by atoms with Crippen LogP contribution >= 0.6 is 11.6 Å². The molecule has 0 atom stereocenters. The molecule has 4 nitrogen and oxygen atoms in total. The number of ether oxygens (including phenoxy) is 1. The van der Waals surface area contributed by atoms with E-state index >= 15 is 0 Å². The van der Waals surface area contributed by atoms with Gasteiger partial charge in [-0.05, 0) is 74.8 Å². The van der Waals surface area contributed by atoms with E-state index in [0.717, 1.165) is 32.5 Å². The molecule has 1 N–H and O–H groups in total. The molecule has 1 aliphatic rings. The summed E-state index contributed by atoms with van der Waals surface area (Å²) in [5.74, 6) is 2.13. The number of carbonyl (C=O) groups is 1. The minimum Gasteiger partial charge on any atom is -0.457 e. The minimum absolute atomic E-state index is 0.0946. The van der Waals surface area contributed by atoms with Gasteiger partial charge in [-0.15, -0.1) is 0 Å². The Bertz CT molecular complexity index is 710. The van der Waals surface area contributed by atoms with E-state index in [0.29, 0.717) is 28.0 Å². The van der Waals surface area contributed by atoms with E-state index in [9.17, 15) is 4.79 Å². The first kappa shape index (κ1) is 17.8. The Morgan fingerprint density at radius 2 is 1.88 bits per heavy atom. The number of hydrogen-bond donors (Lipinski definition) is 1. The molecule has 25 heavy (non-hydrogen) atoms. The molecule has 2 aromatic rings. The summed E-state index contributed by atoms with van der Waals surface area (Å²) in [6, 6.07) is 14.5. The Balaban J connectivity index is 1.59. The first-order valence-corrected chi connectivity index (χ1v) is 9.01. The fourth-order valence-electron chi connectivity index (χ4n) is 3.14. The predicted molar refractivity (Wildman–Crippen MR) is 101 cm³/mol. The number of carbonyl (C=O) groups excluding carboxylic acids is 1. The number of piperidine rings is 1. The molecule has 5 heteroatoms. The van der Waals surface area contributed by atoms with Crippen molar-refractivity contribution in [1.82, 2.24) is 10.2 Å². The number of nitrogens with one attached hydrogen (secondary N) is 1. The van der Waals surface area contributed by atoms with Crippen LogP contribution in [0.15, 0.2) is 48.5 Å². The van der Waals surface area contributed by atoms with Crippen molar-refractivity contribution in [3.63, 3.8) is 0 Å². The molecule has 0 bridgehead atoms. The number of rotatable bonds is 5. The van der Waals surface area contributed by atoms with Crippen LogP contribution in [0.3, 0.4) is 0 Å². The van der Waals surface area contributed by atoms with Gasteiger partial charge in [-0.3, -0.25) is 4.79 Å². The fraction of sp³-hybridized carbons (Fsp3) is 0.350. The predicted octanol–water partition coefficient (Wildman–Crippen LogP) is 4.20. The van der Waals surface area contributed by atoms with E-state index in [4.69, 9.17) is 16.3 Å². The van der Waals surface area contributed by atoms with Gasteiger partial charge in [0.25, 0.3) is 5.91 Å². The van der Waals surface area contributed by atoms with Crippen molar-refractivity contribution in [2.45, 2.75) is 12.8 Å². The molecule has 0 unspecified atom stereocenters. The van der Waals surface area contributed by atoms with Crippen LogP contribution in [0.25, 0.3) is 0 Å². The van der Waals surface area contributed by atoms with Crippen LogP contribution in [-0.4, -0.2) is 37.5 Å². The van der Waals surface area contributed by atoms with Crippen molar-refractivity contribution in [3.8, 4) is 11.5 Å². The number of hydrogen-bond acceptors (Lipinski definition) is 3. The van der Waals surface area contributed by atoms with E-state index in [1.54, 1.807) is 12.1 Å². The Morgan fingerprint density at radius 1 is 1.16 bits per heavy atom. The summed E-state index contributed by atoms with van der Waals surface area (Å²) in [7, 11) is 1.98. The molecule has 1 amide bonds. The molecule has 1 fully saturated rings. The second kappa shape index (κ2) is 8.37. The molecule has 3 rings (SSSR count). The highest BCUT2D eigenvalue weighted by Crippen LogP contribution is 2.25. The summed E-state index contributed by atoms with van der Waals surface area (Å²) in [6.07, 6.45) is 2.12. The zero-order valence-electron chi connectivity index (χ0n) is 14.4. The number of nitrogens with zero attached hydrogens (tertiary/aromatic N) is 1. The van der Waals surface area contributed by atoms with Gasteiger partial charge in [-0.25, -0.2) is 0 Å². The molecule has 0 saturated carbocycles. The zero-order chi connectivity index (χ0) is 17.6. The highest BCUT2D eigenvalue weighted by atomic mass is 35.5. The standard InChI is InChI=1S/C20H23ClN2O2/c1-22-14-15-9-11-23(12-10-15)20(24)16-5-7-18(8-6-16)25-19-4-2-3-17(21)13-19/h2-8,13,15,22H,9-12,14H2,1H3. The van der Waals surface area contributed by atoms with Gasteiger partial charge in [0, 0.05) is 23.7 Å². The van der Waals surface area contributed by atoms with Crippen LogP contribution in [-0.2, 0) is 0 Å². The molecule has 0 spiro atoms. The summed E-state index contributed by atoms with van der Waals surface area (Å²) < 4.78 is 5.76. The first-order chi connectivity index (χ1) is 12.2. The van der Waals surface area contributed by atoms with Crippen LogP contribution < -0.4 is 10.1 Å². The molecule has 1 aliphatic heterocycles. The number of halogens is 1. The third-order valence-electron chi connectivity index (χ3n) is 4.53. The topological polar surface area (TPSA) is 41.6 Å². The molecule has 2 aromatic carbocycles. The lowest BCUT2D eigenvalue weighted by atomic mass is 9.96. The van der Waals surface area contributed by atoms with Crippen molar-refractivity contribution >= 4 is 17.5 Å². The van der Waals surface area contributed by atoms with Gasteiger partial charge >= 0.3 is 0 Å². The van der Waals surface area contributed by atoms with Crippen LogP contribution in [0.1, 0.15) is 23.2 Å². The van der Waals surface area contributed by atoms with Gasteiger partial charge in [0.2, 0.25) is 0 Å². The van der Waals surface area contributed by atoms with Crippen molar-refractivity contribution in [1.29, 1.82) is 0 Å².